The summed E-state index contributed by atoms with van der Waals surface area (Å²) in [6.07, 6.45) is 1.79. The van der Waals surface area contributed by atoms with E-state index in [2.05, 4.69) is 52.8 Å². The lowest BCUT2D eigenvalue weighted by Gasteiger charge is -2.09. The molecule has 0 fully saturated rings. The summed E-state index contributed by atoms with van der Waals surface area (Å²) in [6, 6.07) is 16.5. The molecule has 0 aliphatic rings. The SMILES string of the molecule is Cc1ccccc1CNc1nncc2ccccc12. The molecule has 0 aliphatic heterocycles. The minimum atomic E-state index is 0.759. The number of nitrogens with zero attached hydrogens (tertiary/aromatic N) is 2. The standard InChI is InChI=1S/C16H15N3/c1-12-6-2-3-7-13(12)10-17-16-15-9-5-4-8-14(15)11-18-19-16/h2-9,11H,10H2,1H3,(H,17,19). The number of nitrogens with one attached hydrogen (secondary N) is 1. The van der Waals surface area contributed by atoms with Crippen LogP contribution < -0.4 is 5.32 Å². The highest BCUT2D eigenvalue weighted by atomic mass is 15.2. The Labute approximate surface area is 112 Å². The van der Waals surface area contributed by atoms with Gasteiger partial charge < -0.3 is 5.32 Å². The third-order valence-corrected chi connectivity index (χ3v) is 3.28. The highest BCUT2D eigenvalue weighted by Crippen LogP contribution is 2.20. The van der Waals surface area contributed by atoms with Crippen molar-refractivity contribution in [1.82, 2.24) is 10.2 Å². The molecule has 94 valence electrons. The molecule has 1 aromatic heterocycles. The van der Waals surface area contributed by atoms with Crippen LogP contribution in [0.25, 0.3) is 10.8 Å². The number of anilines is 1. The van der Waals surface area contributed by atoms with E-state index in [1.807, 2.05) is 18.2 Å². The van der Waals surface area contributed by atoms with Gasteiger partial charge in [0, 0.05) is 17.3 Å². The van der Waals surface area contributed by atoms with Crippen molar-refractivity contribution in [1.29, 1.82) is 0 Å². The van der Waals surface area contributed by atoms with Gasteiger partial charge in [-0.05, 0) is 18.1 Å². The molecule has 0 amide bonds. The molecule has 2 aromatic carbocycles. The van der Waals surface area contributed by atoms with Crippen LogP contribution in [0.2, 0.25) is 0 Å². The average molecular weight is 249 g/mol. The second-order valence-corrected chi connectivity index (χ2v) is 4.56. The van der Waals surface area contributed by atoms with E-state index in [1.165, 1.54) is 11.1 Å². The summed E-state index contributed by atoms with van der Waals surface area (Å²) in [6.45, 7) is 2.88. The van der Waals surface area contributed by atoms with Crippen molar-refractivity contribution in [2.24, 2.45) is 0 Å². The quantitative estimate of drug-likeness (QED) is 0.771. The zero-order valence-electron chi connectivity index (χ0n) is 10.8. The van der Waals surface area contributed by atoms with E-state index in [4.69, 9.17) is 0 Å². The maximum Gasteiger partial charge on any atom is 0.156 e. The number of fused-ring (bicyclic) bond motifs is 1. The minimum Gasteiger partial charge on any atom is -0.364 e. The van der Waals surface area contributed by atoms with Gasteiger partial charge in [-0.25, -0.2) is 0 Å². The average Bonchev–Trinajstić information content (AvgIpc) is 2.46. The normalized spacial score (nSPS) is 10.6. The molecular weight excluding hydrogens is 234 g/mol. The zero-order chi connectivity index (χ0) is 13.1. The molecule has 3 rings (SSSR count). The fourth-order valence-corrected chi connectivity index (χ4v) is 2.15. The minimum absolute atomic E-state index is 0.759. The summed E-state index contributed by atoms with van der Waals surface area (Å²) in [4.78, 5) is 0. The van der Waals surface area contributed by atoms with Crippen molar-refractivity contribution < 1.29 is 0 Å². The lowest BCUT2D eigenvalue weighted by atomic mass is 10.1. The van der Waals surface area contributed by atoms with E-state index < -0.39 is 0 Å². The fraction of sp³-hybridized carbons (Fsp3) is 0.125. The smallest absolute Gasteiger partial charge is 0.156 e. The first kappa shape index (κ1) is 11.7. The predicted molar refractivity (Wildman–Crippen MR) is 78.0 cm³/mol. The van der Waals surface area contributed by atoms with E-state index in [1.54, 1.807) is 6.20 Å². The topological polar surface area (TPSA) is 37.8 Å². The lowest BCUT2D eigenvalue weighted by Crippen LogP contribution is -2.04. The van der Waals surface area contributed by atoms with Gasteiger partial charge >= 0.3 is 0 Å². The van der Waals surface area contributed by atoms with Crippen molar-refractivity contribution in [3.05, 3.63) is 65.9 Å². The molecule has 0 unspecified atom stereocenters. The maximum atomic E-state index is 4.19. The summed E-state index contributed by atoms with van der Waals surface area (Å²) < 4.78 is 0. The van der Waals surface area contributed by atoms with Crippen molar-refractivity contribution in [3.8, 4) is 0 Å². The van der Waals surface area contributed by atoms with E-state index >= 15 is 0 Å². The fourth-order valence-electron chi connectivity index (χ4n) is 2.15. The van der Waals surface area contributed by atoms with Crippen molar-refractivity contribution in [2.75, 3.05) is 5.32 Å². The molecule has 3 aromatic rings. The molecule has 0 atom stereocenters. The molecule has 0 radical (unpaired) electrons. The van der Waals surface area contributed by atoms with Crippen molar-refractivity contribution in [3.63, 3.8) is 0 Å². The van der Waals surface area contributed by atoms with Crippen LogP contribution in [0.5, 0.6) is 0 Å². The molecule has 0 saturated carbocycles. The molecular formula is C16H15N3. The van der Waals surface area contributed by atoms with Crippen molar-refractivity contribution >= 4 is 16.6 Å². The Balaban J connectivity index is 1.88. The third kappa shape index (κ3) is 2.40. The first-order chi connectivity index (χ1) is 9.34. The maximum absolute atomic E-state index is 4.19. The first-order valence-corrected chi connectivity index (χ1v) is 6.33. The number of hydrogen-bond acceptors (Lipinski definition) is 3. The van der Waals surface area contributed by atoms with E-state index in [9.17, 15) is 0 Å². The van der Waals surface area contributed by atoms with E-state index in [0.717, 1.165) is 23.1 Å². The van der Waals surface area contributed by atoms with E-state index in [0.29, 0.717) is 0 Å². The van der Waals surface area contributed by atoms with Crippen LogP contribution in [0, 0.1) is 6.92 Å². The predicted octanol–water partition coefficient (Wildman–Crippen LogP) is 3.55. The zero-order valence-corrected chi connectivity index (χ0v) is 10.8. The van der Waals surface area contributed by atoms with Gasteiger partial charge in [0.25, 0.3) is 0 Å². The number of hydrogen-bond donors (Lipinski definition) is 1. The van der Waals surface area contributed by atoms with Gasteiger partial charge in [0.05, 0.1) is 6.20 Å². The highest BCUT2D eigenvalue weighted by Gasteiger charge is 2.03. The molecule has 1 heterocycles. The number of aryl methyl sites for hydroxylation is 1. The second-order valence-electron chi connectivity index (χ2n) is 4.56. The second kappa shape index (κ2) is 5.06. The van der Waals surface area contributed by atoms with E-state index in [-0.39, 0.29) is 0 Å². The molecule has 3 nitrogen and oxygen atoms in total. The highest BCUT2D eigenvalue weighted by molar-refractivity contribution is 5.90. The Morgan fingerprint density at radius 2 is 1.79 bits per heavy atom. The van der Waals surface area contributed by atoms with Gasteiger partial charge in [-0.2, -0.15) is 5.10 Å². The van der Waals surface area contributed by atoms with Gasteiger partial charge in [0.2, 0.25) is 0 Å². The van der Waals surface area contributed by atoms with Crippen LogP contribution in [0.4, 0.5) is 5.82 Å². The van der Waals surface area contributed by atoms with Crippen molar-refractivity contribution in [2.45, 2.75) is 13.5 Å². The van der Waals surface area contributed by atoms with Gasteiger partial charge in [-0.15, -0.1) is 5.10 Å². The lowest BCUT2D eigenvalue weighted by molar-refractivity contribution is 1.01. The summed E-state index contributed by atoms with van der Waals surface area (Å²) in [7, 11) is 0. The van der Waals surface area contributed by atoms with Gasteiger partial charge in [0.1, 0.15) is 0 Å². The Bertz CT molecular complexity index is 702. The summed E-state index contributed by atoms with van der Waals surface area (Å²) in [5, 5.41) is 13.8. The Kier molecular flexibility index (Phi) is 3.11. The molecule has 0 aliphatic carbocycles. The number of rotatable bonds is 3. The Morgan fingerprint density at radius 1 is 1.00 bits per heavy atom. The molecule has 0 spiro atoms. The van der Waals surface area contributed by atoms with Crippen LogP contribution >= 0.6 is 0 Å². The largest absolute Gasteiger partial charge is 0.364 e. The van der Waals surface area contributed by atoms with Crippen LogP contribution in [-0.2, 0) is 6.54 Å². The molecule has 1 N–H and O–H groups in total. The summed E-state index contributed by atoms with van der Waals surface area (Å²) in [5.41, 5.74) is 2.56. The summed E-state index contributed by atoms with van der Waals surface area (Å²) in [5.74, 6) is 0.835. The number of aromatic nitrogens is 2. The van der Waals surface area contributed by atoms with Gasteiger partial charge in [-0.1, -0.05) is 48.5 Å². The first-order valence-electron chi connectivity index (χ1n) is 6.33. The van der Waals surface area contributed by atoms with Crippen LogP contribution in [0.15, 0.2) is 54.7 Å². The summed E-state index contributed by atoms with van der Waals surface area (Å²) >= 11 is 0. The van der Waals surface area contributed by atoms with Gasteiger partial charge in [-0.3, -0.25) is 0 Å². The van der Waals surface area contributed by atoms with Crippen LogP contribution in [-0.4, -0.2) is 10.2 Å². The third-order valence-electron chi connectivity index (χ3n) is 3.28. The number of benzene rings is 2. The molecule has 0 bridgehead atoms. The molecule has 3 heteroatoms. The Hall–Kier alpha value is -2.42. The molecule has 19 heavy (non-hydrogen) atoms. The van der Waals surface area contributed by atoms with Crippen LogP contribution in [0.1, 0.15) is 11.1 Å². The van der Waals surface area contributed by atoms with Crippen LogP contribution in [0.3, 0.4) is 0 Å². The monoisotopic (exact) mass is 249 g/mol. The Morgan fingerprint density at radius 3 is 2.68 bits per heavy atom. The van der Waals surface area contributed by atoms with Gasteiger partial charge in [0.15, 0.2) is 5.82 Å². The molecule has 0 saturated heterocycles.